The smallest absolute Gasteiger partial charge is 0.271 e. The molecule has 8 heteroatoms. The van der Waals surface area contributed by atoms with Crippen LogP contribution < -0.4 is 5.32 Å². The molecule has 1 amide bonds. The number of nitrogens with one attached hydrogen (secondary N) is 1. The van der Waals surface area contributed by atoms with Crippen molar-refractivity contribution in [2.75, 3.05) is 26.4 Å². The summed E-state index contributed by atoms with van der Waals surface area (Å²) in [4.78, 5) is 12.5. The monoisotopic (exact) mass is 397 g/mol. The number of amides is 1. The van der Waals surface area contributed by atoms with Gasteiger partial charge in [-0.25, -0.2) is 0 Å². The van der Waals surface area contributed by atoms with Crippen molar-refractivity contribution in [3.63, 3.8) is 0 Å². The Hall–Kier alpha value is -1.60. The zero-order valence-electron chi connectivity index (χ0n) is 14.5. The van der Waals surface area contributed by atoms with Gasteiger partial charge in [-0.3, -0.25) is 9.48 Å². The van der Waals surface area contributed by atoms with Crippen LogP contribution in [0, 0.1) is 5.41 Å². The zero-order valence-corrected chi connectivity index (χ0v) is 16.0. The average Bonchev–Trinajstić information content (AvgIpc) is 3.04. The highest BCUT2D eigenvalue weighted by molar-refractivity contribution is 6.42. The van der Waals surface area contributed by atoms with Gasteiger partial charge in [0.15, 0.2) is 5.69 Å². The first kappa shape index (κ1) is 19.2. The summed E-state index contributed by atoms with van der Waals surface area (Å²) in [5.41, 5.74) is 1.57. The Morgan fingerprint density at radius 3 is 2.69 bits per heavy atom. The second kappa shape index (κ2) is 7.96. The van der Waals surface area contributed by atoms with Crippen LogP contribution in [0.1, 0.15) is 23.3 Å². The Bertz CT molecular complexity index is 801. The van der Waals surface area contributed by atoms with Crippen molar-refractivity contribution in [1.82, 2.24) is 15.1 Å². The van der Waals surface area contributed by atoms with Crippen LogP contribution in [0.2, 0.25) is 10.0 Å². The third-order valence-electron chi connectivity index (χ3n) is 4.84. The van der Waals surface area contributed by atoms with Crippen LogP contribution in [0.25, 0.3) is 11.3 Å². The molecule has 26 heavy (non-hydrogen) atoms. The van der Waals surface area contributed by atoms with E-state index in [2.05, 4.69) is 10.4 Å². The van der Waals surface area contributed by atoms with Gasteiger partial charge in [-0.2, -0.15) is 5.10 Å². The van der Waals surface area contributed by atoms with Crippen molar-refractivity contribution >= 4 is 29.1 Å². The maximum absolute atomic E-state index is 12.5. The van der Waals surface area contributed by atoms with Crippen LogP contribution >= 0.6 is 23.2 Å². The Morgan fingerprint density at radius 2 is 2.04 bits per heavy atom. The van der Waals surface area contributed by atoms with E-state index in [9.17, 15) is 9.90 Å². The normalized spacial score (nSPS) is 16.5. The number of carbonyl (C=O) groups excluding carboxylic acids is 1. The number of aryl methyl sites for hydroxylation is 1. The molecule has 1 saturated heterocycles. The van der Waals surface area contributed by atoms with Crippen LogP contribution in [0.3, 0.4) is 0 Å². The molecule has 0 spiro atoms. The van der Waals surface area contributed by atoms with E-state index in [-0.39, 0.29) is 17.9 Å². The minimum atomic E-state index is -0.324. The lowest BCUT2D eigenvalue weighted by Gasteiger charge is -2.35. The van der Waals surface area contributed by atoms with Crippen LogP contribution in [0.4, 0.5) is 0 Å². The van der Waals surface area contributed by atoms with Gasteiger partial charge < -0.3 is 15.2 Å². The first-order chi connectivity index (χ1) is 12.4. The van der Waals surface area contributed by atoms with Gasteiger partial charge in [-0.1, -0.05) is 29.3 Å². The number of hydrogen-bond acceptors (Lipinski definition) is 4. The highest BCUT2D eigenvalue weighted by atomic mass is 35.5. The number of aromatic nitrogens is 2. The van der Waals surface area contributed by atoms with Crippen molar-refractivity contribution < 1.29 is 14.6 Å². The molecule has 2 aromatic rings. The van der Waals surface area contributed by atoms with Gasteiger partial charge in [0.2, 0.25) is 0 Å². The van der Waals surface area contributed by atoms with Crippen molar-refractivity contribution in [3.05, 3.63) is 40.0 Å². The van der Waals surface area contributed by atoms with Crippen molar-refractivity contribution in [1.29, 1.82) is 0 Å². The fourth-order valence-corrected chi connectivity index (χ4v) is 3.36. The second-order valence-electron chi connectivity index (χ2n) is 6.62. The van der Waals surface area contributed by atoms with Gasteiger partial charge in [0.05, 0.1) is 22.3 Å². The second-order valence-corrected chi connectivity index (χ2v) is 7.43. The van der Waals surface area contributed by atoms with Crippen LogP contribution in [-0.2, 0) is 11.8 Å². The number of halogens is 2. The topological polar surface area (TPSA) is 76.4 Å². The lowest BCUT2D eigenvalue weighted by atomic mass is 9.81. The van der Waals surface area contributed by atoms with E-state index in [1.165, 1.54) is 0 Å². The standard InChI is InChI=1S/C18H21Cl2N3O3/c1-23-16(12-2-3-13(19)14(20)8-12)9-15(22-23)17(25)21-10-18(11-24)4-6-26-7-5-18/h2-3,8-9,24H,4-7,10-11H2,1H3,(H,21,25). The summed E-state index contributed by atoms with van der Waals surface area (Å²) in [6.45, 7) is 1.61. The molecule has 0 bridgehead atoms. The van der Waals surface area contributed by atoms with Crippen LogP contribution in [-0.4, -0.2) is 47.2 Å². The number of ether oxygens (including phenoxy) is 1. The molecule has 0 saturated carbocycles. The fraction of sp³-hybridized carbons (Fsp3) is 0.444. The molecule has 0 radical (unpaired) electrons. The first-order valence-corrected chi connectivity index (χ1v) is 9.16. The van der Waals surface area contributed by atoms with E-state index in [0.717, 1.165) is 24.1 Å². The molecule has 2 N–H and O–H groups in total. The zero-order chi connectivity index (χ0) is 18.7. The molecule has 6 nitrogen and oxygen atoms in total. The van der Waals surface area contributed by atoms with Gasteiger partial charge in [-0.15, -0.1) is 0 Å². The summed E-state index contributed by atoms with van der Waals surface area (Å²) < 4.78 is 6.97. The Kier molecular flexibility index (Phi) is 5.87. The van der Waals surface area contributed by atoms with E-state index in [4.69, 9.17) is 27.9 Å². The van der Waals surface area contributed by atoms with E-state index < -0.39 is 0 Å². The van der Waals surface area contributed by atoms with Crippen molar-refractivity contribution in [2.45, 2.75) is 12.8 Å². The molecule has 1 aromatic carbocycles. The summed E-state index contributed by atoms with van der Waals surface area (Å²) >= 11 is 12.0. The third-order valence-corrected chi connectivity index (χ3v) is 5.58. The quantitative estimate of drug-likeness (QED) is 0.812. The number of carbonyl (C=O) groups is 1. The summed E-state index contributed by atoms with van der Waals surface area (Å²) in [5.74, 6) is -0.272. The molecular weight excluding hydrogens is 377 g/mol. The molecule has 0 unspecified atom stereocenters. The van der Waals surface area contributed by atoms with E-state index in [1.807, 2.05) is 6.07 Å². The molecule has 1 aromatic heterocycles. The highest BCUT2D eigenvalue weighted by Gasteiger charge is 2.32. The molecule has 1 aliphatic heterocycles. The maximum atomic E-state index is 12.5. The van der Waals surface area contributed by atoms with Crippen LogP contribution in [0.15, 0.2) is 24.3 Å². The van der Waals surface area contributed by atoms with Gasteiger partial charge >= 0.3 is 0 Å². The Labute approximate surface area is 162 Å². The molecular formula is C18H21Cl2N3O3. The first-order valence-electron chi connectivity index (χ1n) is 8.40. The number of aliphatic hydroxyl groups is 1. The summed E-state index contributed by atoms with van der Waals surface area (Å²) in [7, 11) is 1.77. The minimum Gasteiger partial charge on any atom is -0.396 e. The van der Waals surface area contributed by atoms with E-state index in [1.54, 1.807) is 29.9 Å². The number of aliphatic hydroxyl groups excluding tert-OH is 1. The molecule has 0 aliphatic carbocycles. The molecule has 140 valence electrons. The fourth-order valence-electron chi connectivity index (χ4n) is 3.06. The Balaban J connectivity index is 1.73. The van der Waals surface area contributed by atoms with Crippen LogP contribution in [0.5, 0.6) is 0 Å². The Morgan fingerprint density at radius 1 is 1.31 bits per heavy atom. The highest BCUT2D eigenvalue weighted by Crippen LogP contribution is 2.30. The maximum Gasteiger partial charge on any atom is 0.271 e. The lowest BCUT2D eigenvalue weighted by Crippen LogP contribution is -2.43. The molecule has 1 fully saturated rings. The van der Waals surface area contributed by atoms with Gasteiger partial charge in [-0.05, 0) is 31.0 Å². The van der Waals surface area contributed by atoms with E-state index >= 15 is 0 Å². The lowest BCUT2D eigenvalue weighted by molar-refractivity contribution is -0.0146. The van der Waals surface area contributed by atoms with Gasteiger partial charge in [0, 0.05) is 37.8 Å². The molecule has 1 aliphatic rings. The van der Waals surface area contributed by atoms with Gasteiger partial charge in [0.1, 0.15) is 0 Å². The summed E-state index contributed by atoms with van der Waals surface area (Å²) in [6, 6.07) is 6.99. The minimum absolute atomic E-state index is 0.0212. The number of nitrogens with zero attached hydrogens (tertiary/aromatic N) is 2. The largest absolute Gasteiger partial charge is 0.396 e. The SMILES string of the molecule is Cn1nc(C(=O)NCC2(CO)CCOCC2)cc1-c1ccc(Cl)c(Cl)c1. The molecule has 2 heterocycles. The average molecular weight is 398 g/mol. The summed E-state index contributed by atoms with van der Waals surface area (Å²) in [6.07, 6.45) is 1.45. The van der Waals surface area contributed by atoms with Crippen molar-refractivity contribution in [3.8, 4) is 11.3 Å². The predicted octanol–water partition coefficient (Wildman–Crippen LogP) is 2.91. The van der Waals surface area contributed by atoms with Gasteiger partial charge in [0.25, 0.3) is 5.91 Å². The number of rotatable bonds is 5. The number of hydrogen-bond donors (Lipinski definition) is 2. The predicted molar refractivity (Wildman–Crippen MR) is 101 cm³/mol. The number of benzene rings is 1. The third kappa shape index (κ3) is 4.04. The molecule has 0 atom stereocenters. The van der Waals surface area contributed by atoms with E-state index in [0.29, 0.717) is 35.5 Å². The molecule has 3 rings (SSSR count). The summed E-state index contributed by atoms with van der Waals surface area (Å²) in [5, 5.41) is 17.8. The van der Waals surface area contributed by atoms with Crippen molar-refractivity contribution in [2.24, 2.45) is 12.5 Å².